The third-order valence-corrected chi connectivity index (χ3v) is 3.85. The molecular formula is C16H23N3O2. The lowest BCUT2D eigenvalue weighted by molar-refractivity contribution is -0.120. The van der Waals surface area contributed by atoms with Crippen LogP contribution in [0.15, 0.2) is 24.3 Å². The third-order valence-electron chi connectivity index (χ3n) is 3.85. The molecule has 1 aliphatic heterocycles. The number of para-hydroxylation sites is 1. The molecule has 1 aromatic carbocycles. The minimum atomic E-state index is -0.0601. The Balaban J connectivity index is 1.94. The van der Waals surface area contributed by atoms with Crippen molar-refractivity contribution >= 4 is 17.5 Å². The van der Waals surface area contributed by atoms with E-state index in [0.717, 1.165) is 37.2 Å². The minimum absolute atomic E-state index is 0.0336. The minimum Gasteiger partial charge on any atom is -0.359 e. The van der Waals surface area contributed by atoms with E-state index >= 15 is 0 Å². The summed E-state index contributed by atoms with van der Waals surface area (Å²) >= 11 is 0. The maximum Gasteiger partial charge on any atom is 0.224 e. The Morgan fingerprint density at radius 1 is 1.19 bits per heavy atom. The van der Waals surface area contributed by atoms with E-state index in [1.54, 1.807) is 7.05 Å². The maximum absolute atomic E-state index is 12.2. The van der Waals surface area contributed by atoms with Crippen LogP contribution in [0.3, 0.4) is 0 Å². The number of carbonyl (C=O) groups is 2. The van der Waals surface area contributed by atoms with Gasteiger partial charge >= 0.3 is 0 Å². The number of amides is 2. The predicted molar refractivity (Wildman–Crippen MR) is 83.1 cm³/mol. The molecule has 1 heterocycles. The first-order valence-electron chi connectivity index (χ1n) is 7.48. The molecule has 114 valence electrons. The van der Waals surface area contributed by atoms with Crippen molar-refractivity contribution in [3.63, 3.8) is 0 Å². The second-order valence-electron chi connectivity index (χ2n) is 5.45. The normalized spacial score (nSPS) is 15.5. The van der Waals surface area contributed by atoms with Gasteiger partial charge in [-0.15, -0.1) is 0 Å². The summed E-state index contributed by atoms with van der Waals surface area (Å²) in [6.07, 6.45) is 2.93. The summed E-state index contributed by atoms with van der Waals surface area (Å²) in [4.78, 5) is 23.7. The van der Waals surface area contributed by atoms with E-state index in [9.17, 15) is 9.59 Å². The SMILES string of the molecule is CNC(=O)Cc1ccccc1NC(=O)CC1CCNCC1. The molecule has 0 saturated carbocycles. The largest absolute Gasteiger partial charge is 0.359 e. The Morgan fingerprint density at radius 2 is 1.90 bits per heavy atom. The molecule has 21 heavy (non-hydrogen) atoms. The third kappa shape index (κ3) is 4.86. The fourth-order valence-corrected chi connectivity index (χ4v) is 2.61. The van der Waals surface area contributed by atoms with E-state index in [0.29, 0.717) is 12.3 Å². The van der Waals surface area contributed by atoms with Gasteiger partial charge < -0.3 is 16.0 Å². The number of rotatable bonds is 5. The Labute approximate surface area is 125 Å². The Morgan fingerprint density at radius 3 is 2.62 bits per heavy atom. The monoisotopic (exact) mass is 289 g/mol. The Hall–Kier alpha value is -1.88. The highest BCUT2D eigenvalue weighted by Crippen LogP contribution is 2.19. The van der Waals surface area contributed by atoms with Gasteiger partial charge in [0.25, 0.3) is 0 Å². The zero-order chi connectivity index (χ0) is 15.1. The number of hydrogen-bond donors (Lipinski definition) is 3. The first kappa shape index (κ1) is 15.5. The van der Waals surface area contributed by atoms with Crippen molar-refractivity contribution in [1.29, 1.82) is 0 Å². The van der Waals surface area contributed by atoms with E-state index in [-0.39, 0.29) is 18.2 Å². The van der Waals surface area contributed by atoms with E-state index in [2.05, 4.69) is 16.0 Å². The smallest absolute Gasteiger partial charge is 0.224 e. The van der Waals surface area contributed by atoms with Crippen LogP contribution in [-0.2, 0) is 16.0 Å². The molecular weight excluding hydrogens is 266 g/mol. The summed E-state index contributed by atoms with van der Waals surface area (Å²) < 4.78 is 0. The molecule has 0 bridgehead atoms. The van der Waals surface area contributed by atoms with Crippen LogP contribution in [0.4, 0.5) is 5.69 Å². The van der Waals surface area contributed by atoms with E-state index < -0.39 is 0 Å². The van der Waals surface area contributed by atoms with Gasteiger partial charge in [-0.2, -0.15) is 0 Å². The molecule has 1 saturated heterocycles. The number of carbonyl (C=O) groups excluding carboxylic acids is 2. The molecule has 2 amide bonds. The second-order valence-corrected chi connectivity index (χ2v) is 5.45. The van der Waals surface area contributed by atoms with Crippen LogP contribution in [-0.4, -0.2) is 32.0 Å². The van der Waals surface area contributed by atoms with Crippen molar-refractivity contribution < 1.29 is 9.59 Å². The first-order valence-corrected chi connectivity index (χ1v) is 7.48. The fourth-order valence-electron chi connectivity index (χ4n) is 2.61. The van der Waals surface area contributed by atoms with Crippen LogP contribution in [0.25, 0.3) is 0 Å². The van der Waals surface area contributed by atoms with Gasteiger partial charge in [0.15, 0.2) is 0 Å². The summed E-state index contributed by atoms with van der Waals surface area (Å²) in [5, 5.41) is 8.85. The van der Waals surface area contributed by atoms with Crippen molar-refractivity contribution in [1.82, 2.24) is 10.6 Å². The molecule has 0 unspecified atom stereocenters. The average molecular weight is 289 g/mol. The molecule has 0 radical (unpaired) electrons. The van der Waals surface area contributed by atoms with Crippen LogP contribution < -0.4 is 16.0 Å². The second kappa shape index (κ2) is 7.78. The molecule has 1 aromatic rings. The Kier molecular flexibility index (Phi) is 5.75. The standard InChI is InChI=1S/C16H23N3O2/c1-17-15(20)11-13-4-2-3-5-14(13)19-16(21)10-12-6-8-18-9-7-12/h2-5,12,18H,6-11H2,1H3,(H,17,20)(H,19,21). The number of likely N-dealkylation sites (N-methyl/N-ethyl adjacent to an activating group) is 1. The number of benzene rings is 1. The fraction of sp³-hybridized carbons (Fsp3) is 0.500. The molecule has 0 aromatic heterocycles. The summed E-state index contributed by atoms with van der Waals surface area (Å²) in [5.74, 6) is 0.429. The molecule has 3 N–H and O–H groups in total. The molecule has 0 spiro atoms. The van der Waals surface area contributed by atoms with E-state index in [4.69, 9.17) is 0 Å². The molecule has 2 rings (SSSR count). The number of piperidine rings is 1. The quantitative estimate of drug-likeness (QED) is 0.765. The van der Waals surface area contributed by atoms with Crippen molar-refractivity contribution in [3.8, 4) is 0 Å². The van der Waals surface area contributed by atoms with E-state index in [1.165, 1.54) is 0 Å². The molecule has 5 nitrogen and oxygen atoms in total. The first-order chi connectivity index (χ1) is 10.2. The van der Waals surface area contributed by atoms with Gasteiger partial charge in [0, 0.05) is 19.2 Å². The molecule has 0 aliphatic carbocycles. The van der Waals surface area contributed by atoms with Crippen molar-refractivity contribution in [2.45, 2.75) is 25.7 Å². The predicted octanol–water partition coefficient (Wildman–Crippen LogP) is 1.30. The summed E-state index contributed by atoms with van der Waals surface area (Å²) in [6.45, 7) is 1.98. The summed E-state index contributed by atoms with van der Waals surface area (Å²) in [7, 11) is 1.61. The van der Waals surface area contributed by atoms with Crippen molar-refractivity contribution in [3.05, 3.63) is 29.8 Å². The lowest BCUT2D eigenvalue weighted by Crippen LogP contribution is -2.30. The number of hydrogen-bond acceptors (Lipinski definition) is 3. The lowest BCUT2D eigenvalue weighted by atomic mass is 9.94. The van der Waals surface area contributed by atoms with Crippen molar-refractivity contribution in [2.75, 3.05) is 25.5 Å². The summed E-state index contributed by atoms with van der Waals surface area (Å²) in [5.41, 5.74) is 1.58. The summed E-state index contributed by atoms with van der Waals surface area (Å²) in [6, 6.07) is 7.46. The molecule has 5 heteroatoms. The van der Waals surface area contributed by atoms with Crippen molar-refractivity contribution in [2.24, 2.45) is 5.92 Å². The number of nitrogens with one attached hydrogen (secondary N) is 3. The highest BCUT2D eigenvalue weighted by Gasteiger charge is 2.17. The van der Waals surface area contributed by atoms with E-state index in [1.807, 2.05) is 24.3 Å². The highest BCUT2D eigenvalue weighted by atomic mass is 16.2. The van der Waals surface area contributed by atoms with Crippen LogP contribution >= 0.6 is 0 Å². The average Bonchev–Trinajstić information content (AvgIpc) is 2.50. The Bertz CT molecular complexity index is 496. The van der Waals surface area contributed by atoms with Gasteiger partial charge in [0.2, 0.25) is 11.8 Å². The maximum atomic E-state index is 12.2. The zero-order valence-electron chi connectivity index (χ0n) is 12.4. The van der Waals surface area contributed by atoms with Crippen LogP contribution in [0.1, 0.15) is 24.8 Å². The van der Waals surface area contributed by atoms with Crippen LogP contribution in [0.2, 0.25) is 0 Å². The molecule has 1 fully saturated rings. The van der Waals surface area contributed by atoms with Gasteiger partial charge in [0.05, 0.1) is 6.42 Å². The van der Waals surface area contributed by atoms with Gasteiger partial charge in [0.1, 0.15) is 0 Å². The lowest BCUT2D eigenvalue weighted by Gasteiger charge is -2.22. The topological polar surface area (TPSA) is 70.2 Å². The molecule has 0 atom stereocenters. The zero-order valence-corrected chi connectivity index (χ0v) is 12.4. The number of anilines is 1. The molecule has 1 aliphatic rings. The van der Waals surface area contributed by atoms with Crippen LogP contribution in [0.5, 0.6) is 0 Å². The van der Waals surface area contributed by atoms with Crippen LogP contribution in [0, 0.1) is 5.92 Å². The van der Waals surface area contributed by atoms with Gasteiger partial charge in [-0.1, -0.05) is 18.2 Å². The van der Waals surface area contributed by atoms with Gasteiger partial charge in [-0.25, -0.2) is 0 Å². The highest BCUT2D eigenvalue weighted by molar-refractivity contribution is 5.92. The van der Waals surface area contributed by atoms with Gasteiger partial charge in [-0.05, 0) is 43.5 Å². The van der Waals surface area contributed by atoms with Gasteiger partial charge in [-0.3, -0.25) is 9.59 Å².